The quantitative estimate of drug-likeness (QED) is 0.524. The zero-order valence-electron chi connectivity index (χ0n) is 7.24. The van der Waals surface area contributed by atoms with Gasteiger partial charge in [-0.25, -0.2) is 0 Å². The first-order chi connectivity index (χ1) is 4.62. The number of fused-ring (bicyclic) bond motifs is 1. The SMILES string of the molecule is CC1=C2CC(C=C1)C2(C)C.[Cu]. The Bertz CT molecular complexity index is 233. The molecule has 1 heteroatoms. The van der Waals surface area contributed by atoms with Crippen LogP contribution in [0.15, 0.2) is 23.3 Å². The fourth-order valence-corrected chi connectivity index (χ4v) is 2.17. The van der Waals surface area contributed by atoms with E-state index in [1.165, 1.54) is 12.0 Å². The first-order valence-electron chi connectivity index (χ1n) is 4.01. The van der Waals surface area contributed by atoms with E-state index in [0.717, 1.165) is 5.92 Å². The molecule has 0 heterocycles. The van der Waals surface area contributed by atoms with Crippen molar-refractivity contribution in [2.75, 3.05) is 0 Å². The first-order valence-corrected chi connectivity index (χ1v) is 4.01. The summed E-state index contributed by atoms with van der Waals surface area (Å²) in [7, 11) is 0. The molecule has 0 aromatic rings. The summed E-state index contributed by atoms with van der Waals surface area (Å²) in [5, 5.41) is 0. The predicted molar refractivity (Wildman–Crippen MR) is 43.7 cm³/mol. The Morgan fingerprint density at radius 2 is 2.09 bits per heavy atom. The number of allylic oxidation sites excluding steroid dienone is 4. The summed E-state index contributed by atoms with van der Waals surface area (Å²) in [6, 6.07) is 0. The van der Waals surface area contributed by atoms with Gasteiger partial charge in [-0.05, 0) is 24.7 Å². The van der Waals surface area contributed by atoms with Gasteiger partial charge >= 0.3 is 0 Å². The standard InChI is InChI=1S/C10H14.Cu/c1-7-4-5-8-6-9(7)10(8,2)3;/h4-5,8H,6H2,1-3H3;. The van der Waals surface area contributed by atoms with Gasteiger partial charge in [0, 0.05) is 17.1 Å². The molecule has 0 N–H and O–H groups in total. The minimum absolute atomic E-state index is 0. The molecule has 11 heavy (non-hydrogen) atoms. The Balaban J connectivity index is 0.000000605. The Kier molecular flexibility index (Phi) is 2.07. The third kappa shape index (κ3) is 1.02. The van der Waals surface area contributed by atoms with E-state index in [0.29, 0.717) is 5.41 Å². The molecule has 0 aromatic heterocycles. The van der Waals surface area contributed by atoms with Crippen LogP contribution in [0, 0.1) is 11.3 Å². The Morgan fingerprint density at radius 1 is 1.45 bits per heavy atom. The molecule has 0 aromatic carbocycles. The fourth-order valence-electron chi connectivity index (χ4n) is 2.17. The van der Waals surface area contributed by atoms with E-state index in [4.69, 9.17) is 0 Å². The molecule has 0 saturated heterocycles. The summed E-state index contributed by atoms with van der Waals surface area (Å²) in [6.07, 6.45) is 5.96. The van der Waals surface area contributed by atoms with Gasteiger partial charge in [0.15, 0.2) is 0 Å². The smallest absolute Gasteiger partial charge is 0 e. The summed E-state index contributed by atoms with van der Waals surface area (Å²) >= 11 is 0. The summed E-state index contributed by atoms with van der Waals surface area (Å²) in [5.41, 5.74) is 3.69. The van der Waals surface area contributed by atoms with Gasteiger partial charge in [-0.3, -0.25) is 0 Å². The van der Waals surface area contributed by atoms with E-state index in [-0.39, 0.29) is 17.1 Å². The van der Waals surface area contributed by atoms with Crippen molar-refractivity contribution in [2.45, 2.75) is 27.2 Å². The van der Waals surface area contributed by atoms with E-state index < -0.39 is 0 Å². The van der Waals surface area contributed by atoms with Crippen LogP contribution in [-0.2, 0) is 17.1 Å². The largest absolute Gasteiger partial charge is 0.0800 e. The van der Waals surface area contributed by atoms with Crippen LogP contribution in [0.3, 0.4) is 0 Å². The molecule has 2 bridgehead atoms. The van der Waals surface area contributed by atoms with Gasteiger partial charge < -0.3 is 0 Å². The van der Waals surface area contributed by atoms with Gasteiger partial charge in [0.05, 0.1) is 0 Å². The van der Waals surface area contributed by atoms with E-state index >= 15 is 0 Å². The second-order valence-electron chi connectivity index (χ2n) is 4.05. The summed E-state index contributed by atoms with van der Waals surface area (Å²) < 4.78 is 0. The molecule has 0 amide bonds. The van der Waals surface area contributed by atoms with E-state index in [9.17, 15) is 0 Å². The van der Waals surface area contributed by atoms with Gasteiger partial charge in [0.2, 0.25) is 0 Å². The maximum Gasteiger partial charge on any atom is 0 e. The Labute approximate surface area is 79.2 Å². The number of hydrogen-bond acceptors (Lipinski definition) is 0. The van der Waals surface area contributed by atoms with Crippen LogP contribution in [0.4, 0.5) is 0 Å². The number of rotatable bonds is 0. The average Bonchev–Trinajstić information content (AvgIpc) is 1.87. The normalized spacial score (nSPS) is 31.0. The van der Waals surface area contributed by atoms with Gasteiger partial charge in [-0.2, -0.15) is 0 Å². The fraction of sp³-hybridized carbons (Fsp3) is 0.600. The molecule has 3 aliphatic carbocycles. The van der Waals surface area contributed by atoms with Crippen LogP contribution in [-0.4, -0.2) is 0 Å². The minimum Gasteiger partial charge on any atom is -0.0800 e. The minimum atomic E-state index is 0. The molecule has 0 aliphatic heterocycles. The molecule has 1 atom stereocenters. The van der Waals surface area contributed by atoms with Crippen molar-refractivity contribution in [1.29, 1.82) is 0 Å². The predicted octanol–water partition coefficient (Wildman–Crippen LogP) is 2.92. The molecule has 3 aliphatic rings. The van der Waals surface area contributed by atoms with Crippen molar-refractivity contribution >= 4 is 0 Å². The zero-order chi connectivity index (χ0) is 7.35. The molecule has 1 unspecified atom stereocenters. The molecule has 0 nitrogen and oxygen atoms in total. The second-order valence-corrected chi connectivity index (χ2v) is 4.05. The van der Waals surface area contributed by atoms with Crippen molar-refractivity contribution in [2.24, 2.45) is 11.3 Å². The monoisotopic (exact) mass is 197 g/mol. The van der Waals surface area contributed by atoms with E-state index in [1.807, 2.05) is 0 Å². The molecule has 1 saturated carbocycles. The van der Waals surface area contributed by atoms with Crippen LogP contribution >= 0.6 is 0 Å². The maximum atomic E-state index is 2.36. The zero-order valence-corrected chi connectivity index (χ0v) is 8.18. The first kappa shape index (κ1) is 9.09. The molecule has 0 spiro atoms. The molecule has 1 fully saturated rings. The van der Waals surface area contributed by atoms with Crippen molar-refractivity contribution in [3.8, 4) is 0 Å². The molecular formula is C10H14Cu. The summed E-state index contributed by atoms with van der Waals surface area (Å²) in [5.74, 6) is 0.839. The van der Waals surface area contributed by atoms with Crippen molar-refractivity contribution in [3.63, 3.8) is 0 Å². The molecule has 3 rings (SSSR count). The second kappa shape index (κ2) is 2.50. The Morgan fingerprint density at radius 3 is 2.36 bits per heavy atom. The third-order valence-electron chi connectivity index (χ3n) is 3.18. The average molecular weight is 198 g/mol. The maximum absolute atomic E-state index is 2.36. The number of hydrogen-bond donors (Lipinski definition) is 0. The van der Waals surface area contributed by atoms with E-state index in [1.54, 1.807) is 5.57 Å². The van der Waals surface area contributed by atoms with E-state index in [2.05, 4.69) is 32.9 Å². The van der Waals surface area contributed by atoms with Crippen molar-refractivity contribution in [3.05, 3.63) is 23.3 Å². The molecule has 1 radical (unpaired) electrons. The van der Waals surface area contributed by atoms with Crippen LogP contribution in [0.2, 0.25) is 0 Å². The van der Waals surface area contributed by atoms with Crippen LogP contribution in [0.25, 0.3) is 0 Å². The summed E-state index contributed by atoms with van der Waals surface area (Å²) in [4.78, 5) is 0. The van der Waals surface area contributed by atoms with Crippen molar-refractivity contribution < 1.29 is 17.1 Å². The van der Waals surface area contributed by atoms with Crippen molar-refractivity contribution in [1.82, 2.24) is 0 Å². The van der Waals surface area contributed by atoms with Crippen LogP contribution < -0.4 is 0 Å². The topological polar surface area (TPSA) is 0 Å². The van der Waals surface area contributed by atoms with Crippen LogP contribution in [0.1, 0.15) is 27.2 Å². The molecule has 65 valence electrons. The summed E-state index contributed by atoms with van der Waals surface area (Å²) in [6.45, 7) is 6.93. The van der Waals surface area contributed by atoms with Gasteiger partial charge in [0.25, 0.3) is 0 Å². The van der Waals surface area contributed by atoms with Crippen LogP contribution in [0.5, 0.6) is 0 Å². The third-order valence-corrected chi connectivity index (χ3v) is 3.18. The van der Waals surface area contributed by atoms with Gasteiger partial charge in [-0.15, -0.1) is 0 Å². The Hall–Kier alpha value is -0.000519. The molecular weight excluding hydrogens is 184 g/mol. The van der Waals surface area contributed by atoms with Gasteiger partial charge in [0.1, 0.15) is 0 Å². The van der Waals surface area contributed by atoms with Gasteiger partial charge in [-0.1, -0.05) is 37.1 Å².